The van der Waals surface area contributed by atoms with Gasteiger partial charge >= 0.3 is 11.9 Å². The molecule has 13 heteroatoms. The molecule has 1 aromatic carbocycles. The van der Waals surface area contributed by atoms with Crippen LogP contribution in [0.3, 0.4) is 0 Å². The number of aromatic nitrogens is 4. The van der Waals surface area contributed by atoms with E-state index >= 15 is 8.78 Å². The number of hydrogen-bond donors (Lipinski definition) is 1. The van der Waals surface area contributed by atoms with Gasteiger partial charge in [0.15, 0.2) is 11.9 Å². The monoisotopic (exact) mass is 500 g/mol. The first kappa shape index (κ1) is 25.9. The second-order valence-corrected chi connectivity index (χ2v) is 7.22. The van der Waals surface area contributed by atoms with Gasteiger partial charge in [0.05, 0.1) is 12.7 Å². The zero-order valence-corrected chi connectivity index (χ0v) is 18.8. The summed E-state index contributed by atoms with van der Waals surface area (Å²) in [6.45, 7) is 1.72. The van der Waals surface area contributed by atoms with E-state index in [2.05, 4.69) is 10.1 Å². The van der Waals surface area contributed by atoms with E-state index in [0.29, 0.717) is 17.7 Å². The summed E-state index contributed by atoms with van der Waals surface area (Å²) in [5, 5.41) is 13.2. The molecule has 0 unspecified atom stereocenters. The van der Waals surface area contributed by atoms with Crippen LogP contribution in [0, 0.1) is 5.82 Å². The van der Waals surface area contributed by atoms with Gasteiger partial charge < -0.3 is 14.6 Å². The Bertz CT molecular complexity index is 1300. The Kier molecular flexibility index (Phi) is 7.58. The lowest BCUT2D eigenvalue weighted by atomic mass is 10.1. The van der Waals surface area contributed by atoms with Gasteiger partial charge in [-0.1, -0.05) is 0 Å². The Balaban J connectivity index is 2.21. The molecule has 3 rings (SSSR count). The number of benzene rings is 1. The second-order valence-electron chi connectivity index (χ2n) is 7.22. The molecular formula is C22H21F5N4O4. The van der Waals surface area contributed by atoms with Gasteiger partial charge in [-0.25, -0.2) is 13.6 Å². The van der Waals surface area contributed by atoms with E-state index < -0.39 is 53.2 Å². The second kappa shape index (κ2) is 10.3. The van der Waals surface area contributed by atoms with Crippen LogP contribution in [0.25, 0.3) is 17.6 Å². The van der Waals surface area contributed by atoms with Crippen molar-refractivity contribution in [3.8, 4) is 17.2 Å². The standard InChI is InChI=1S/C22H21F5N4O4/c1-4-30-20(11-32)29-31(21(30)33)17-9-19(35-12(2)22(25,26)27)14(8-16(17)24)15(23)7-13-10-28-6-5-18(13)34-3/h5-10,12,32H,4,11H2,1-3H3/b15-7-/t12-/m0/s1. The number of halogens is 5. The van der Waals surface area contributed by atoms with Gasteiger partial charge in [-0.15, -0.1) is 5.10 Å². The molecule has 8 nitrogen and oxygen atoms in total. The smallest absolute Gasteiger partial charge is 0.425 e. The number of methoxy groups -OCH3 is 1. The van der Waals surface area contributed by atoms with Crippen molar-refractivity contribution in [2.24, 2.45) is 0 Å². The average Bonchev–Trinajstić information content (AvgIpc) is 3.14. The molecule has 0 aliphatic carbocycles. The number of pyridine rings is 1. The van der Waals surface area contributed by atoms with Crippen LogP contribution in [0.2, 0.25) is 0 Å². The van der Waals surface area contributed by atoms with Crippen molar-refractivity contribution in [3.05, 3.63) is 63.8 Å². The minimum absolute atomic E-state index is 0.0905. The van der Waals surface area contributed by atoms with Crippen LogP contribution < -0.4 is 15.2 Å². The quantitative estimate of drug-likeness (QED) is 0.472. The molecule has 0 radical (unpaired) electrons. The largest absolute Gasteiger partial charge is 0.496 e. The van der Waals surface area contributed by atoms with Crippen molar-refractivity contribution in [1.82, 2.24) is 19.3 Å². The van der Waals surface area contributed by atoms with Gasteiger partial charge in [0.25, 0.3) is 0 Å². The summed E-state index contributed by atoms with van der Waals surface area (Å²) in [6.07, 6.45) is -3.68. The molecule has 0 fully saturated rings. The summed E-state index contributed by atoms with van der Waals surface area (Å²) in [7, 11) is 1.33. The molecule has 3 aromatic rings. The van der Waals surface area contributed by atoms with Crippen LogP contribution in [0.5, 0.6) is 11.5 Å². The van der Waals surface area contributed by atoms with Crippen LogP contribution in [0.4, 0.5) is 22.0 Å². The highest BCUT2D eigenvalue weighted by atomic mass is 19.4. The molecule has 35 heavy (non-hydrogen) atoms. The lowest BCUT2D eigenvalue weighted by Gasteiger charge is -2.20. The molecule has 0 saturated heterocycles. The summed E-state index contributed by atoms with van der Waals surface area (Å²) >= 11 is 0. The summed E-state index contributed by atoms with van der Waals surface area (Å²) < 4.78 is 81.6. The van der Waals surface area contributed by atoms with E-state index in [1.54, 1.807) is 6.92 Å². The zero-order chi connectivity index (χ0) is 25.9. The van der Waals surface area contributed by atoms with Crippen LogP contribution in [0.1, 0.15) is 30.8 Å². The fourth-order valence-corrected chi connectivity index (χ4v) is 3.18. The summed E-state index contributed by atoms with van der Waals surface area (Å²) in [6, 6.07) is 2.77. The number of aliphatic hydroxyl groups excluding tert-OH is 1. The molecule has 2 heterocycles. The van der Waals surface area contributed by atoms with Crippen LogP contribution in [0.15, 0.2) is 35.4 Å². The number of aliphatic hydroxyl groups is 1. The van der Waals surface area contributed by atoms with E-state index in [1.807, 2.05) is 0 Å². The molecule has 1 N–H and O–H groups in total. The van der Waals surface area contributed by atoms with Gasteiger partial charge in [0, 0.05) is 30.6 Å². The molecular weight excluding hydrogens is 479 g/mol. The summed E-state index contributed by atoms with van der Waals surface area (Å²) in [5.74, 6) is -2.88. The molecule has 0 saturated carbocycles. The highest BCUT2D eigenvalue weighted by molar-refractivity contribution is 5.81. The van der Waals surface area contributed by atoms with Crippen LogP contribution >= 0.6 is 0 Å². The van der Waals surface area contributed by atoms with Crippen molar-refractivity contribution in [3.63, 3.8) is 0 Å². The zero-order valence-electron chi connectivity index (χ0n) is 18.8. The van der Waals surface area contributed by atoms with Gasteiger partial charge in [0.2, 0.25) is 0 Å². The maximum atomic E-state index is 15.2. The van der Waals surface area contributed by atoms with Gasteiger partial charge in [0.1, 0.15) is 35.4 Å². The number of rotatable bonds is 8. The Morgan fingerprint density at radius 3 is 2.57 bits per heavy atom. The SMILES string of the molecule is CCn1c(CO)nn(-c2cc(O[C@@H](C)C(F)(F)F)c(/C(F)=C/c3cnccc3OC)cc2F)c1=O. The molecule has 1 atom stereocenters. The van der Waals surface area contributed by atoms with E-state index in [1.165, 1.54) is 25.6 Å². The van der Waals surface area contributed by atoms with Gasteiger partial charge in [-0.3, -0.25) is 9.55 Å². The predicted molar refractivity (Wildman–Crippen MR) is 115 cm³/mol. The predicted octanol–water partition coefficient (Wildman–Crippen LogP) is 3.89. The van der Waals surface area contributed by atoms with E-state index in [9.17, 15) is 23.1 Å². The van der Waals surface area contributed by atoms with Crippen molar-refractivity contribution in [2.45, 2.75) is 39.3 Å². The van der Waals surface area contributed by atoms with E-state index in [4.69, 9.17) is 9.47 Å². The normalized spacial score (nSPS) is 13.1. The highest BCUT2D eigenvalue weighted by Gasteiger charge is 2.39. The van der Waals surface area contributed by atoms with E-state index in [0.717, 1.165) is 16.7 Å². The molecule has 188 valence electrons. The first-order valence-electron chi connectivity index (χ1n) is 10.2. The minimum Gasteiger partial charge on any atom is -0.496 e. The molecule has 0 bridgehead atoms. The van der Waals surface area contributed by atoms with Gasteiger partial charge in [-0.05, 0) is 32.1 Å². The topological polar surface area (TPSA) is 91.4 Å². The fraction of sp³-hybridized carbons (Fsp3) is 0.318. The lowest BCUT2D eigenvalue weighted by Crippen LogP contribution is -2.31. The summed E-state index contributed by atoms with van der Waals surface area (Å²) in [4.78, 5) is 16.5. The Labute approximate surface area is 195 Å². The first-order chi connectivity index (χ1) is 16.5. The Hall–Kier alpha value is -3.74. The average molecular weight is 500 g/mol. The van der Waals surface area contributed by atoms with Crippen LogP contribution in [-0.4, -0.2) is 43.8 Å². The van der Waals surface area contributed by atoms with Crippen LogP contribution in [-0.2, 0) is 13.2 Å². The molecule has 0 amide bonds. The van der Waals surface area contributed by atoms with Gasteiger partial charge in [-0.2, -0.15) is 17.9 Å². The summed E-state index contributed by atoms with van der Waals surface area (Å²) in [5.41, 5.74) is -1.94. The van der Waals surface area contributed by atoms with Crippen molar-refractivity contribution >= 4 is 11.9 Å². The number of nitrogens with zero attached hydrogens (tertiary/aromatic N) is 4. The third-order valence-electron chi connectivity index (χ3n) is 5.01. The third-order valence-corrected chi connectivity index (χ3v) is 5.01. The lowest BCUT2D eigenvalue weighted by molar-refractivity contribution is -0.189. The number of hydrogen-bond acceptors (Lipinski definition) is 6. The Morgan fingerprint density at radius 1 is 1.29 bits per heavy atom. The maximum absolute atomic E-state index is 15.2. The maximum Gasteiger partial charge on any atom is 0.425 e. The van der Waals surface area contributed by atoms with Crippen molar-refractivity contribution in [2.75, 3.05) is 7.11 Å². The minimum atomic E-state index is -4.82. The Morgan fingerprint density at radius 2 is 2.00 bits per heavy atom. The number of alkyl halides is 3. The van der Waals surface area contributed by atoms with Crippen molar-refractivity contribution in [1.29, 1.82) is 0 Å². The van der Waals surface area contributed by atoms with Crippen molar-refractivity contribution < 1.29 is 36.5 Å². The third kappa shape index (κ3) is 5.34. The molecule has 0 aliphatic rings. The van der Waals surface area contributed by atoms with E-state index in [-0.39, 0.29) is 23.7 Å². The first-order valence-corrected chi connectivity index (χ1v) is 10.2. The number of ether oxygens (including phenoxy) is 2. The fourth-order valence-electron chi connectivity index (χ4n) is 3.18. The molecule has 0 aliphatic heterocycles. The highest BCUT2D eigenvalue weighted by Crippen LogP contribution is 2.36. The molecule has 0 spiro atoms. The molecule has 2 aromatic heterocycles.